The van der Waals surface area contributed by atoms with E-state index in [2.05, 4.69) is 43.5 Å². The van der Waals surface area contributed by atoms with Crippen molar-refractivity contribution in [3.63, 3.8) is 0 Å². The zero-order chi connectivity index (χ0) is 23.4. The first-order valence-electron chi connectivity index (χ1n) is 10.1. The minimum atomic E-state index is -0.530. The van der Waals surface area contributed by atoms with Crippen LogP contribution in [0.3, 0.4) is 0 Å². The van der Waals surface area contributed by atoms with Gasteiger partial charge in [-0.15, -0.1) is 0 Å². The molecule has 8 heteroatoms. The maximum absolute atomic E-state index is 13.9. The summed E-state index contributed by atoms with van der Waals surface area (Å²) in [5.41, 5.74) is 2.02. The number of aliphatic imine (C=N–C) groups is 1. The zero-order valence-corrected chi connectivity index (χ0v) is 21.2. The molecule has 0 radical (unpaired) electrons. The molecule has 0 atom stereocenters. The van der Waals surface area contributed by atoms with Crippen LogP contribution in [-0.2, 0) is 16.1 Å². The van der Waals surface area contributed by atoms with Crippen LogP contribution in [0.1, 0.15) is 23.6 Å². The molecule has 0 bridgehead atoms. The zero-order valence-electron chi connectivity index (χ0n) is 17.5. The molecule has 0 saturated heterocycles. The SMILES string of the molecule is CCOc1cc(/C=C2\N=C(c3ccc(I)c(Br)c3)OC2=O)ccc1OCc1ccccc1F. The average Bonchev–Trinajstić information content (AvgIpc) is 3.16. The standard InChI is InChI=1S/C25H18BrFINO4/c1-2-31-23-12-15(7-10-22(23)32-14-17-5-3-4-6-19(17)27)11-21-25(30)33-24(29-21)16-8-9-20(28)18(26)13-16/h3-13H,2,14H2,1H3/b21-11-. The van der Waals surface area contributed by atoms with Gasteiger partial charge >= 0.3 is 5.97 Å². The van der Waals surface area contributed by atoms with Gasteiger partial charge in [-0.1, -0.05) is 24.3 Å². The van der Waals surface area contributed by atoms with E-state index in [0.29, 0.717) is 34.8 Å². The average molecular weight is 622 g/mol. The van der Waals surface area contributed by atoms with Crippen molar-refractivity contribution in [2.24, 2.45) is 4.99 Å². The van der Waals surface area contributed by atoms with E-state index < -0.39 is 5.97 Å². The number of halogens is 3. The van der Waals surface area contributed by atoms with Crippen LogP contribution in [0.4, 0.5) is 4.39 Å². The largest absolute Gasteiger partial charge is 0.490 e. The quantitative estimate of drug-likeness (QED) is 0.171. The number of hydrogen-bond acceptors (Lipinski definition) is 5. The summed E-state index contributed by atoms with van der Waals surface area (Å²) in [5.74, 6) is 0.352. The lowest BCUT2D eigenvalue weighted by Crippen LogP contribution is -2.05. The summed E-state index contributed by atoms with van der Waals surface area (Å²) in [6.45, 7) is 2.34. The lowest BCUT2D eigenvalue weighted by atomic mass is 10.1. The number of cyclic esters (lactones) is 1. The molecule has 0 fully saturated rings. The van der Waals surface area contributed by atoms with Crippen molar-refractivity contribution in [2.45, 2.75) is 13.5 Å². The van der Waals surface area contributed by atoms with Crippen molar-refractivity contribution in [1.82, 2.24) is 0 Å². The van der Waals surface area contributed by atoms with Gasteiger partial charge in [0.25, 0.3) is 0 Å². The molecule has 1 aliphatic rings. The highest BCUT2D eigenvalue weighted by Gasteiger charge is 2.24. The van der Waals surface area contributed by atoms with E-state index >= 15 is 0 Å². The minimum Gasteiger partial charge on any atom is -0.490 e. The predicted molar refractivity (Wildman–Crippen MR) is 136 cm³/mol. The summed E-state index contributed by atoms with van der Waals surface area (Å²) in [6.07, 6.45) is 1.63. The molecule has 0 saturated carbocycles. The van der Waals surface area contributed by atoms with Gasteiger partial charge in [-0.05, 0) is 93.5 Å². The fourth-order valence-electron chi connectivity index (χ4n) is 3.09. The van der Waals surface area contributed by atoms with Gasteiger partial charge in [0.2, 0.25) is 5.90 Å². The number of hydrogen-bond donors (Lipinski definition) is 0. The first kappa shape index (κ1) is 23.4. The monoisotopic (exact) mass is 621 g/mol. The fourth-order valence-corrected chi connectivity index (χ4v) is 3.81. The third kappa shape index (κ3) is 5.62. The molecule has 0 spiro atoms. The normalized spacial score (nSPS) is 14.2. The number of ether oxygens (including phenoxy) is 3. The predicted octanol–water partition coefficient (Wildman–Crippen LogP) is 6.52. The highest BCUT2D eigenvalue weighted by Crippen LogP contribution is 2.31. The van der Waals surface area contributed by atoms with Gasteiger partial charge < -0.3 is 14.2 Å². The van der Waals surface area contributed by atoms with Crippen molar-refractivity contribution in [1.29, 1.82) is 0 Å². The van der Waals surface area contributed by atoms with E-state index in [1.54, 1.807) is 42.5 Å². The van der Waals surface area contributed by atoms with E-state index in [1.165, 1.54) is 6.07 Å². The highest BCUT2D eigenvalue weighted by molar-refractivity contribution is 14.1. The van der Waals surface area contributed by atoms with Gasteiger partial charge in [0.05, 0.1) is 6.61 Å². The Morgan fingerprint density at radius 2 is 1.91 bits per heavy atom. The van der Waals surface area contributed by atoms with Gasteiger partial charge in [0.1, 0.15) is 12.4 Å². The van der Waals surface area contributed by atoms with Crippen LogP contribution >= 0.6 is 38.5 Å². The van der Waals surface area contributed by atoms with E-state index in [4.69, 9.17) is 14.2 Å². The first-order valence-corrected chi connectivity index (χ1v) is 11.9. The van der Waals surface area contributed by atoms with Crippen LogP contribution in [0, 0.1) is 9.39 Å². The van der Waals surface area contributed by atoms with Crippen molar-refractivity contribution in [3.8, 4) is 11.5 Å². The van der Waals surface area contributed by atoms with Crippen molar-refractivity contribution in [3.05, 3.63) is 96.9 Å². The summed E-state index contributed by atoms with van der Waals surface area (Å²) in [5, 5.41) is 0. The van der Waals surface area contributed by atoms with Crippen LogP contribution in [-0.4, -0.2) is 18.5 Å². The number of esters is 1. The molecule has 5 nitrogen and oxygen atoms in total. The van der Waals surface area contributed by atoms with E-state index in [9.17, 15) is 9.18 Å². The van der Waals surface area contributed by atoms with Gasteiger partial charge in [-0.25, -0.2) is 14.2 Å². The Bertz CT molecular complexity index is 1280. The van der Waals surface area contributed by atoms with Crippen molar-refractivity contribution >= 4 is 56.5 Å². The highest BCUT2D eigenvalue weighted by atomic mass is 127. The van der Waals surface area contributed by atoms with E-state index in [-0.39, 0.29) is 24.0 Å². The van der Waals surface area contributed by atoms with Gasteiger partial charge in [0.15, 0.2) is 17.2 Å². The summed E-state index contributed by atoms with van der Waals surface area (Å²) < 4.78 is 32.7. The Hall–Kier alpha value is -2.72. The molecule has 0 N–H and O–H groups in total. The molecule has 168 valence electrons. The summed E-state index contributed by atoms with van der Waals surface area (Å²) in [4.78, 5) is 16.7. The minimum absolute atomic E-state index is 0.0682. The van der Waals surface area contributed by atoms with Gasteiger partial charge in [-0.3, -0.25) is 0 Å². The maximum atomic E-state index is 13.9. The van der Waals surface area contributed by atoms with E-state index in [1.807, 2.05) is 25.1 Å². The van der Waals surface area contributed by atoms with E-state index in [0.717, 1.165) is 8.04 Å². The molecule has 3 aromatic carbocycles. The number of carbonyl (C=O) groups excluding carboxylic acids is 1. The van der Waals surface area contributed by atoms with Crippen LogP contribution in [0.5, 0.6) is 11.5 Å². The second-order valence-corrected chi connectivity index (χ2v) is 9.00. The van der Waals surface area contributed by atoms with Crippen molar-refractivity contribution in [2.75, 3.05) is 6.61 Å². The molecule has 3 aromatic rings. The van der Waals surface area contributed by atoms with Crippen LogP contribution in [0.2, 0.25) is 0 Å². The van der Waals surface area contributed by atoms with Crippen LogP contribution in [0.15, 0.2) is 75.8 Å². The Kier molecular flexibility index (Phi) is 7.44. The fraction of sp³-hybridized carbons (Fsp3) is 0.120. The molecule has 1 aliphatic heterocycles. The Morgan fingerprint density at radius 3 is 2.67 bits per heavy atom. The molecular formula is C25H18BrFINO4. The van der Waals surface area contributed by atoms with Gasteiger partial charge in [0, 0.05) is 19.2 Å². The number of carbonyl (C=O) groups is 1. The Balaban J connectivity index is 1.57. The summed E-state index contributed by atoms with van der Waals surface area (Å²) in [7, 11) is 0. The first-order chi connectivity index (χ1) is 15.9. The Labute approximate surface area is 212 Å². The molecule has 0 aliphatic carbocycles. The third-order valence-electron chi connectivity index (χ3n) is 4.70. The molecule has 0 amide bonds. The Morgan fingerprint density at radius 1 is 1.09 bits per heavy atom. The summed E-state index contributed by atoms with van der Waals surface area (Å²) in [6, 6.07) is 17.3. The molecule has 1 heterocycles. The number of nitrogens with zero attached hydrogens (tertiary/aromatic N) is 1. The second kappa shape index (κ2) is 10.5. The third-order valence-corrected chi connectivity index (χ3v) is 7.04. The second-order valence-electron chi connectivity index (χ2n) is 6.98. The maximum Gasteiger partial charge on any atom is 0.363 e. The van der Waals surface area contributed by atoms with Crippen LogP contribution in [0.25, 0.3) is 6.08 Å². The lowest BCUT2D eigenvalue weighted by Gasteiger charge is -2.13. The number of benzene rings is 3. The van der Waals surface area contributed by atoms with Crippen LogP contribution < -0.4 is 9.47 Å². The smallest absolute Gasteiger partial charge is 0.363 e. The molecule has 4 rings (SSSR count). The molecule has 0 aromatic heterocycles. The summed E-state index contributed by atoms with van der Waals surface area (Å²) >= 11 is 5.68. The lowest BCUT2D eigenvalue weighted by molar-refractivity contribution is -0.129. The number of rotatable bonds is 7. The topological polar surface area (TPSA) is 57.1 Å². The molecular weight excluding hydrogens is 604 g/mol. The molecule has 0 unspecified atom stereocenters. The van der Waals surface area contributed by atoms with Crippen molar-refractivity contribution < 1.29 is 23.4 Å². The molecule has 33 heavy (non-hydrogen) atoms. The van der Waals surface area contributed by atoms with Gasteiger partial charge in [-0.2, -0.15) is 0 Å².